The molecule has 0 rings (SSSR count). The van der Waals surface area contributed by atoms with Gasteiger partial charge in [-0.2, -0.15) is 0 Å². The van der Waals surface area contributed by atoms with Gasteiger partial charge in [0.1, 0.15) is 13.2 Å². The molecule has 338 valence electrons. The van der Waals surface area contributed by atoms with E-state index in [1.54, 1.807) is 6.08 Å². The molecule has 0 aromatic carbocycles. The molecule has 0 N–H and O–H groups in total. The Balaban J connectivity index is 4.48. The molecule has 6 nitrogen and oxygen atoms in total. The molecular weight excluding hydrogens is 745 g/mol. The minimum atomic E-state index is -0.839. The predicted octanol–water partition coefficient (Wildman–Crippen LogP) is 15.6. The van der Waals surface area contributed by atoms with Crippen molar-refractivity contribution in [1.29, 1.82) is 0 Å². The molecule has 0 aliphatic rings. The number of hydrogen-bond acceptors (Lipinski definition) is 6. The van der Waals surface area contributed by atoms with Crippen LogP contribution in [0.5, 0.6) is 0 Å². The summed E-state index contributed by atoms with van der Waals surface area (Å²) in [6.45, 7) is 6.21. The Morgan fingerprint density at radius 1 is 0.383 bits per heavy atom. The van der Waals surface area contributed by atoms with Crippen molar-refractivity contribution in [2.45, 2.75) is 200 Å². The van der Waals surface area contributed by atoms with Gasteiger partial charge in [-0.3, -0.25) is 14.4 Å². The maximum Gasteiger partial charge on any atom is 0.309 e. The highest BCUT2D eigenvalue weighted by Gasteiger charge is 2.19. The second kappa shape index (κ2) is 47.7. The first-order chi connectivity index (χ1) is 29.5. The van der Waals surface area contributed by atoms with Crippen LogP contribution in [-0.2, 0) is 28.6 Å². The average Bonchev–Trinajstić information content (AvgIpc) is 3.24. The summed E-state index contributed by atoms with van der Waals surface area (Å²) in [6.07, 6.45) is 64.0. The lowest BCUT2D eigenvalue weighted by molar-refractivity contribution is -0.166. The van der Waals surface area contributed by atoms with Crippen LogP contribution in [0.2, 0.25) is 0 Å². The Morgan fingerprint density at radius 2 is 0.800 bits per heavy atom. The molecule has 0 saturated heterocycles. The van der Waals surface area contributed by atoms with E-state index in [0.717, 1.165) is 77.0 Å². The van der Waals surface area contributed by atoms with Crippen LogP contribution in [-0.4, -0.2) is 37.2 Å². The van der Waals surface area contributed by atoms with Gasteiger partial charge in [0, 0.05) is 12.8 Å². The molecular formula is C54H86O6. The zero-order chi connectivity index (χ0) is 43.7. The zero-order valence-corrected chi connectivity index (χ0v) is 38.4. The molecule has 0 aromatic heterocycles. The van der Waals surface area contributed by atoms with Gasteiger partial charge in [0.25, 0.3) is 0 Å². The number of ether oxygens (including phenoxy) is 3. The number of allylic oxidation sites excluding steroid dienone is 17. The van der Waals surface area contributed by atoms with Crippen molar-refractivity contribution < 1.29 is 28.6 Å². The van der Waals surface area contributed by atoms with Crippen LogP contribution in [0.25, 0.3) is 0 Å². The van der Waals surface area contributed by atoms with E-state index >= 15 is 0 Å². The monoisotopic (exact) mass is 831 g/mol. The summed E-state index contributed by atoms with van der Waals surface area (Å²) in [4.78, 5) is 37.7. The van der Waals surface area contributed by atoms with E-state index in [4.69, 9.17) is 14.2 Å². The molecule has 1 atom stereocenters. The molecule has 0 saturated carbocycles. The van der Waals surface area contributed by atoms with Crippen LogP contribution >= 0.6 is 0 Å². The van der Waals surface area contributed by atoms with Crippen molar-refractivity contribution >= 4 is 17.9 Å². The quantitative estimate of drug-likeness (QED) is 0.0201. The second-order valence-electron chi connectivity index (χ2n) is 15.4. The summed E-state index contributed by atoms with van der Waals surface area (Å²) in [5.74, 6) is -1.12. The highest BCUT2D eigenvalue weighted by molar-refractivity contribution is 5.72. The molecule has 60 heavy (non-hydrogen) atoms. The second-order valence-corrected chi connectivity index (χ2v) is 15.4. The SMILES string of the molecule is CC\C=C/C=C\C=C/C=C\C=C/CCCCCC(=O)OC(COC(=O)C/C=C\C/C=C\C/C=C\CC)COC(=O)CCCCCCC/C=C\CCCCCCCCCCC. The van der Waals surface area contributed by atoms with Gasteiger partial charge in [0.05, 0.1) is 6.42 Å². The topological polar surface area (TPSA) is 78.9 Å². The molecule has 1 unspecified atom stereocenters. The van der Waals surface area contributed by atoms with Crippen molar-refractivity contribution in [3.05, 3.63) is 109 Å². The van der Waals surface area contributed by atoms with Crippen LogP contribution in [0.4, 0.5) is 0 Å². The standard InChI is InChI=1S/C54H86O6/c1-4-7-10-13-16-19-21-23-25-26-27-29-30-32-35-38-41-44-47-53(56)59-50-51(49-58-52(55)46-43-40-37-34-18-15-12-9-6-3)60-54(57)48-45-42-39-36-33-31-28-24-22-20-17-14-11-8-5-2/h8-9,11-12,14,17-18,20,22,24,27-29,31,33-34,40,43,51H,4-7,10,13,15-16,19,21,23,25-26,30,32,35-39,41-42,44-50H2,1-3H3/b11-8-,12-9-,17-14-,22-20-,28-24-,29-27-,33-31-,34-18-,43-40-. The van der Waals surface area contributed by atoms with E-state index in [9.17, 15) is 14.4 Å². The largest absolute Gasteiger partial charge is 0.462 e. The highest BCUT2D eigenvalue weighted by Crippen LogP contribution is 2.13. The minimum Gasteiger partial charge on any atom is -0.462 e. The molecule has 0 radical (unpaired) electrons. The number of rotatable bonds is 41. The van der Waals surface area contributed by atoms with E-state index in [2.05, 4.69) is 69.4 Å². The molecule has 0 aliphatic carbocycles. The van der Waals surface area contributed by atoms with Gasteiger partial charge < -0.3 is 14.2 Å². The average molecular weight is 831 g/mol. The highest BCUT2D eigenvalue weighted by atomic mass is 16.6. The molecule has 0 bridgehead atoms. The fraction of sp³-hybridized carbons (Fsp3) is 0.611. The lowest BCUT2D eigenvalue weighted by Gasteiger charge is -2.18. The summed E-state index contributed by atoms with van der Waals surface area (Å²) >= 11 is 0. The first kappa shape index (κ1) is 56.1. The van der Waals surface area contributed by atoms with E-state index in [-0.39, 0.29) is 38.0 Å². The predicted molar refractivity (Wildman–Crippen MR) is 256 cm³/mol. The van der Waals surface area contributed by atoms with E-state index < -0.39 is 12.1 Å². The minimum absolute atomic E-state index is 0.120. The fourth-order valence-corrected chi connectivity index (χ4v) is 6.11. The number of carbonyl (C=O) groups excluding carboxylic acids is 3. The summed E-state index contributed by atoms with van der Waals surface area (Å²) in [5.41, 5.74) is 0. The van der Waals surface area contributed by atoms with Gasteiger partial charge in [0.15, 0.2) is 6.10 Å². The number of carbonyl (C=O) groups is 3. The maximum atomic E-state index is 12.7. The Kier molecular flexibility index (Phi) is 44.6. The normalized spacial score (nSPS) is 13.1. The smallest absolute Gasteiger partial charge is 0.309 e. The van der Waals surface area contributed by atoms with Crippen molar-refractivity contribution in [1.82, 2.24) is 0 Å². The Labute approximate surface area is 368 Å². The van der Waals surface area contributed by atoms with Crippen molar-refractivity contribution in [2.24, 2.45) is 0 Å². The van der Waals surface area contributed by atoms with Crippen molar-refractivity contribution in [2.75, 3.05) is 13.2 Å². The summed E-state index contributed by atoms with van der Waals surface area (Å²) in [5, 5.41) is 0. The molecule has 6 heteroatoms. The first-order valence-corrected chi connectivity index (χ1v) is 24.0. The van der Waals surface area contributed by atoms with Gasteiger partial charge in [-0.25, -0.2) is 0 Å². The van der Waals surface area contributed by atoms with Gasteiger partial charge in [-0.15, -0.1) is 0 Å². The van der Waals surface area contributed by atoms with E-state index in [0.29, 0.717) is 12.8 Å². The van der Waals surface area contributed by atoms with Crippen LogP contribution in [0.1, 0.15) is 194 Å². The summed E-state index contributed by atoms with van der Waals surface area (Å²) < 4.78 is 16.6. The maximum absolute atomic E-state index is 12.7. The number of hydrogen-bond donors (Lipinski definition) is 0. The number of esters is 3. The lowest BCUT2D eigenvalue weighted by Crippen LogP contribution is -2.30. The van der Waals surface area contributed by atoms with Crippen LogP contribution in [0, 0.1) is 0 Å². The molecule has 0 aromatic rings. The molecule has 0 fully saturated rings. The van der Waals surface area contributed by atoms with Gasteiger partial charge in [0.2, 0.25) is 0 Å². The van der Waals surface area contributed by atoms with Gasteiger partial charge >= 0.3 is 17.9 Å². The molecule has 0 amide bonds. The lowest BCUT2D eigenvalue weighted by atomic mass is 10.1. The van der Waals surface area contributed by atoms with E-state index in [1.165, 1.54) is 70.6 Å². The van der Waals surface area contributed by atoms with Crippen LogP contribution in [0.15, 0.2) is 109 Å². The molecule has 0 spiro atoms. The van der Waals surface area contributed by atoms with Gasteiger partial charge in [-0.05, 0) is 77.0 Å². The Hall–Kier alpha value is -3.93. The van der Waals surface area contributed by atoms with Crippen molar-refractivity contribution in [3.8, 4) is 0 Å². The van der Waals surface area contributed by atoms with E-state index in [1.807, 2.05) is 54.7 Å². The molecule has 0 aliphatic heterocycles. The third-order valence-corrected chi connectivity index (χ3v) is 9.65. The van der Waals surface area contributed by atoms with Crippen LogP contribution in [0.3, 0.4) is 0 Å². The van der Waals surface area contributed by atoms with Crippen LogP contribution < -0.4 is 0 Å². The third kappa shape index (κ3) is 45.2. The Morgan fingerprint density at radius 3 is 1.37 bits per heavy atom. The fourth-order valence-electron chi connectivity index (χ4n) is 6.11. The Bertz CT molecular complexity index is 1280. The molecule has 0 heterocycles. The summed E-state index contributed by atoms with van der Waals surface area (Å²) in [6, 6.07) is 0. The zero-order valence-electron chi connectivity index (χ0n) is 38.4. The first-order valence-electron chi connectivity index (χ1n) is 24.0. The van der Waals surface area contributed by atoms with Crippen molar-refractivity contribution in [3.63, 3.8) is 0 Å². The van der Waals surface area contributed by atoms with Gasteiger partial charge in [-0.1, -0.05) is 207 Å². The number of unbranched alkanes of at least 4 members (excludes halogenated alkanes) is 17. The summed E-state index contributed by atoms with van der Waals surface area (Å²) in [7, 11) is 0. The third-order valence-electron chi connectivity index (χ3n) is 9.65.